The highest BCUT2D eigenvalue weighted by Gasteiger charge is 2.48. The van der Waals surface area contributed by atoms with Crippen LogP contribution in [0.1, 0.15) is 38.3 Å². The van der Waals surface area contributed by atoms with E-state index in [-0.39, 0.29) is 16.9 Å². The zero-order valence-electron chi connectivity index (χ0n) is 17.2. The molecule has 1 fully saturated rings. The van der Waals surface area contributed by atoms with Crippen LogP contribution in [0, 0.1) is 0 Å². The van der Waals surface area contributed by atoms with Gasteiger partial charge in [-0.05, 0) is 37.5 Å². The zero-order chi connectivity index (χ0) is 19.8. The maximum atomic E-state index is 13.5. The number of nitrogens with zero attached hydrogens (tertiary/aromatic N) is 1. The summed E-state index contributed by atoms with van der Waals surface area (Å²) in [5.41, 5.74) is 3.22. The van der Waals surface area contributed by atoms with Crippen molar-refractivity contribution in [3.8, 4) is 0 Å². The molecule has 4 rings (SSSR count). The molecule has 0 saturated carbocycles. The number of anilines is 1. The highest BCUT2D eigenvalue weighted by molar-refractivity contribution is 5.97. The first-order valence-electron chi connectivity index (χ1n) is 10.3. The van der Waals surface area contributed by atoms with Crippen molar-refractivity contribution in [3.63, 3.8) is 0 Å². The third-order valence-electron chi connectivity index (χ3n) is 6.39. The lowest BCUT2D eigenvalue weighted by Gasteiger charge is -2.51. The number of nitrogens with one attached hydrogen (secondary N) is 1. The summed E-state index contributed by atoms with van der Waals surface area (Å²) in [6.07, 6.45) is 0.894. The van der Waals surface area contributed by atoms with Gasteiger partial charge in [0.15, 0.2) is 6.54 Å². The van der Waals surface area contributed by atoms with Crippen LogP contribution in [0.15, 0.2) is 54.6 Å². The zero-order valence-corrected chi connectivity index (χ0v) is 17.2. The average Bonchev–Trinajstić information content (AvgIpc) is 2.69. The Bertz CT molecular complexity index is 843. The summed E-state index contributed by atoms with van der Waals surface area (Å²) in [7, 11) is 0. The van der Waals surface area contributed by atoms with Crippen LogP contribution in [0.25, 0.3) is 0 Å². The lowest BCUT2D eigenvalue weighted by atomic mass is 9.65. The fourth-order valence-electron chi connectivity index (χ4n) is 5.17. The number of morpholine rings is 1. The molecular weight excluding hydrogens is 348 g/mol. The van der Waals surface area contributed by atoms with Crippen molar-refractivity contribution < 1.29 is 14.4 Å². The first-order valence-corrected chi connectivity index (χ1v) is 10.3. The smallest absolute Gasteiger partial charge is 0.282 e. The lowest BCUT2D eigenvalue weighted by molar-refractivity contribution is -0.900. The van der Waals surface area contributed by atoms with Gasteiger partial charge in [-0.2, -0.15) is 0 Å². The third-order valence-corrected chi connectivity index (χ3v) is 6.39. The number of amides is 1. The Kier molecular flexibility index (Phi) is 5.02. The lowest BCUT2D eigenvalue weighted by Crippen LogP contribution is -3.15. The second-order valence-electron chi connectivity index (χ2n) is 8.97. The number of para-hydroxylation sites is 1. The molecule has 0 unspecified atom stereocenters. The molecule has 4 nitrogen and oxygen atoms in total. The summed E-state index contributed by atoms with van der Waals surface area (Å²) in [5, 5.41) is 0. The van der Waals surface area contributed by atoms with Crippen LogP contribution < -0.4 is 9.80 Å². The van der Waals surface area contributed by atoms with Gasteiger partial charge in [-0.15, -0.1) is 0 Å². The monoisotopic (exact) mass is 379 g/mol. The van der Waals surface area contributed by atoms with Gasteiger partial charge in [0.25, 0.3) is 5.91 Å². The third kappa shape index (κ3) is 3.36. The Hall–Kier alpha value is -2.17. The van der Waals surface area contributed by atoms with Crippen LogP contribution in [0.5, 0.6) is 0 Å². The van der Waals surface area contributed by atoms with Gasteiger partial charge >= 0.3 is 0 Å². The number of carbonyl (C=O) groups excluding carboxylic acids is 1. The van der Waals surface area contributed by atoms with Gasteiger partial charge in [-0.25, -0.2) is 0 Å². The minimum Gasteiger partial charge on any atom is -0.370 e. The number of fused-ring (bicyclic) bond motifs is 1. The van der Waals surface area contributed by atoms with E-state index < -0.39 is 0 Å². The van der Waals surface area contributed by atoms with Gasteiger partial charge in [-0.3, -0.25) is 4.79 Å². The van der Waals surface area contributed by atoms with Gasteiger partial charge in [0.1, 0.15) is 13.1 Å². The Morgan fingerprint density at radius 2 is 1.64 bits per heavy atom. The van der Waals surface area contributed by atoms with E-state index in [0.29, 0.717) is 6.54 Å². The number of quaternary nitrogens is 1. The molecule has 1 atom stereocenters. The minimum absolute atomic E-state index is 0.121. The van der Waals surface area contributed by atoms with Crippen LogP contribution in [0.3, 0.4) is 0 Å². The molecule has 2 aromatic rings. The average molecular weight is 380 g/mol. The molecule has 28 heavy (non-hydrogen) atoms. The molecule has 0 aromatic heterocycles. The Labute approximate surface area is 168 Å². The van der Waals surface area contributed by atoms with Crippen LogP contribution in [-0.4, -0.2) is 44.3 Å². The van der Waals surface area contributed by atoms with E-state index in [1.807, 2.05) is 6.07 Å². The molecule has 0 radical (unpaired) electrons. The number of rotatable bonds is 3. The van der Waals surface area contributed by atoms with Crippen molar-refractivity contribution in [2.45, 2.75) is 38.1 Å². The summed E-state index contributed by atoms with van der Waals surface area (Å²) in [4.78, 5) is 16.8. The molecule has 0 bridgehead atoms. The van der Waals surface area contributed by atoms with Crippen molar-refractivity contribution in [2.24, 2.45) is 0 Å². The Morgan fingerprint density at radius 1 is 1.00 bits per heavy atom. The van der Waals surface area contributed by atoms with E-state index in [1.165, 1.54) is 16.0 Å². The van der Waals surface area contributed by atoms with Gasteiger partial charge in [0, 0.05) is 16.6 Å². The second kappa shape index (κ2) is 7.34. The van der Waals surface area contributed by atoms with Gasteiger partial charge < -0.3 is 14.5 Å². The van der Waals surface area contributed by atoms with Crippen molar-refractivity contribution in [1.82, 2.24) is 0 Å². The number of hydrogen-bond acceptors (Lipinski definition) is 2. The molecule has 2 aliphatic rings. The maximum Gasteiger partial charge on any atom is 0.282 e. The summed E-state index contributed by atoms with van der Waals surface area (Å²) in [6.45, 7) is 10.6. The molecule has 1 saturated heterocycles. The molecule has 148 valence electrons. The Morgan fingerprint density at radius 3 is 2.36 bits per heavy atom. The second-order valence-corrected chi connectivity index (χ2v) is 8.97. The number of benzene rings is 2. The van der Waals surface area contributed by atoms with Gasteiger partial charge in [0.2, 0.25) is 0 Å². The summed E-state index contributed by atoms with van der Waals surface area (Å²) >= 11 is 0. The Balaban J connectivity index is 1.73. The van der Waals surface area contributed by atoms with Gasteiger partial charge in [-0.1, -0.05) is 55.5 Å². The molecule has 2 aromatic carbocycles. The summed E-state index contributed by atoms with van der Waals surface area (Å²) < 4.78 is 5.45. The molecule has 4 heteroatoms. The molecule has 1 N–H and O–H groups in total. The standard InChI is InChI=1S/C24H30N2O2/c1-23(2)18-24(3,19-9-5-4-6-10-19)20-11-7-8-12-21(20)26(23)22(27)17-25-13-15-28-16-14-25/h4-12H,13-18H2,1-3H3/p+1/t24-/m0/s1. The van der Waals surface area contributed by atoms with Crippen molar-refractivity contribution >= 4 is 11.6 Å². The highest BCUT2D eigenvalue weighted by atomic mass is 16.5. The normalized spacial score (nSPS) is 24.6. The van der Waals surface area contributed by atoms with Crippen LogP contribution in [-0.2, 0) is 14.9 Å². The first-order chi connectivity index (χ1) is 13.4. The van der Waals surface area contributed by atoms with Crippen molar-refractivity contribution in [2.75, 3.05) is 37.7 Å². The van der Waals surface area contributed by atoms with Gasteiger partial charge in [0.05, 0.1) is 13.2 Å². The van der Waals surface area contributed by atoms with E-state index in [1.54, 1.807) is 0 Å². The molecule has 2 heterocycles. The maximum absolute atomic E-state index is 13.5. The number of ether oxygens (including phenoxy) is 1. The molecule has 1 amide bonds. The molecular formula is C24H31N2O2+. The van der Waals surface area contributed by atoms with Crippen LogP contribution in [0.4, 0.5) is 5.69 Å². The predicted molar refractivity (Wildman–Crippen MR) is 112 cm³/mol. The largest absolute Gasteiger partial charge is 0.370 e. The molecule has 0 aliphatic carbocycles. The van der Waals surface area contributed by atoms with Crippen LogP contribution >= 0.6 is 0 Å². The topological polar surface area (TPSA) is 34.0 Å². The quantitative estimate of drug-likeness (QED) is 0.889. The first kappa shape index (κ1) is 19.2. The summed E-state index contributed by atoms with van der Waals surface area (Å²) in [6, 6.07) is 19.1. The fraction of sp³-hybridized carbons (Fsp3) is 0.458. The van der Waals surface area contributed by atoms with Crippen molar-refractivity contribution in [1.29, 1.82) is 0 Å². The van der Waals surface area contributed by atoms with E-state index in [9.17, 15) is 4.79 Å². The van der Waals surface area contributed by atoms with Crippen molar-refractivity contribution in [3.05, 3.63) is 65.7 Å². The van der Waals surface area contributed by atoms with E-state index >= 15 is 0 Å². The number of carbonyl (C=O) groups is 1. The highest BCUT2D eigenvalue weighted by Crippen LogP contribution is 2.50. The van der Waals surface area contributed by atoms with E-state index in [2.05, 4.69) is 74.2 Å². The molecule has 2 aliphatic heterocycles. The van der Waals surface area contributed by atoms with Crippen LogP contribution in [0.2, 0.25) is 0 Å². The molecule has 0 spiro atoms. The fourth-order valence-corrected chi connectivity index (χ4v) is 5.17. The van der Waals surface area contributed by atoms with E-state index in [0.717, 1.165) is 38.4 Å². The van der Waals surface area contributed by atoms with E-state index in [4.69, 9.17) is 4.74 Å². The predicted octanol–water partition coefficient (Wildman–Crippen LogP) is 2.42. The summed E-state index contributed by atoms with van der Waals surface area (Å²) in [5.74, 6) is 0.212. The SMILES string of the molecule is CC1(C)C[C@@](C)(c2ccccc2)c2ccccc2N1C(=O)C[NH+]1CCOCC1. The minimum atomic E-state index is -0.262. The number of hydrogen-bond donors (Lipinski definition) is 1.